The van der Waals surface area contributed by atoms with Crippen LogP contribution in [-0.4, -0.2) is 77.6 Å². The Bertz CT molecular complexity index is 1720. The van der Waals surface area contributed by atoms with Crippen LogP contribution < -0.4 is 10.0 Å². The molecule has 0 aliphatic carbocycles. The van der Waals surface area contributed by atoms with Crippen molar-refractivity contribution in [2.24, 2.45) is 0 Å². The highest BCUT2D eigenvalue weighted by Crippen LogP contribution is 2.26. The van der Waals surface area contributed by atoms with Gasteiger partial charge in [-0.25, -0.2) is 13.4 Å². The summed E-state index contributed by atoms with van der Waals surface area (Å²) in [6.07, 6.45) is 1.19. The molecule has 0 bridgehead atoms. The Morgan fingerprint density at radius 3 is 2.47 bits per heavy atom. The molecule has 222 valence electrons. The van der Waals surface area contributed by atoms with E-state index in [1.165, 1.54) is 17.1 Å². The van der Waals surface area contributed by atoms with E-state index in [4.69, 9.17) is 5.53 Å². The molecular formula is C30H30N6O6S. The van der Waals surface area contributed by atoms with Crippen molar-refractivity contribution >= 4 is 50.5 Å². The van der Waals surface area contributed by atoms with E-state index in [1.807, 2.05) is 12.1 Å². The Hall–Kier alpha value is -4.71. The lowest BCUT2D eigenvalue weighted by Crippen LogP contribution is -2.64. The fourth-order valence-corrected chi connectivity index (χ4v) is 6.72. The Morgan fingerprint density at radius 2 is 1.72 bits per heavy atom. The zero-order chi connectivity index (χ0) is 30.6. The van der Waals surface area contributed by atoms with Crippen LogP contribution in [0.2, 0.25) is 0 Å². The summed E-state index contributed by atoms with van der Waals surface area (Å²) in [5.41, 5.74) is 9.66. The van der Waals surface area contributed by atoms with E-state index in [0.717, 1.165) is 16.0 Å². The van der Waals surface area contributed by atoms with Crippen molar-refractivity contribution < 1.29 is 32.4 Å². The van der Waals surface area contributed by atoms with Crippen molar-refractivity contribution in [3.8, 4) is 0 Å². The van der Waals surface area contributed by atoms with Gasteiger partial charge >= 0.3 is 6.21 Å². The predicted molar refractivity (Wildman–Crippen MR) is 156 cm³/mol. The van der Waals surface area contributed by atoms with Crippen molar-refractivity contribution in [3.05, 3.63) is 83.9 Å². The predicted octanol–water partition coefficient (Wildman–Crippen LogP) is 1.61. The van der Waals surface area contributed by atoms with Crippen LogP contribution in [0.3, 0.4) is 0 Å². The SMILES string of the molecule is [N-]=[N+]=CC(=O)[C@H](Cc1ccccc1)NC(=O)[C@@H]1CCCN2C(=O)CC[C@H](NS(=O)(=O)c3ccc4ccccc4c3)C(=O)N12. The van der Waals surface area contributed by atoms with E-state index in [9.17, 15) is 27.6 Å². The number of Topliss-reactive ketones (excluding diaryl/α,β-unsaturated/α-hetero) is 1. The van der Waals surface area contributed by atoms with Gasteiger partial charge in [-0.3, -0.25) is 24.2 Å². The molecule has 2 aliphatic rings. The molecule has 2 saturated heterocycles. The molecule has 2 aliphatic heterocycles. The second-order valence-corrected chi connectivity index (χ2v) is 12.2. The van der Waals surface area contributed by atoms with Crippen LogP contribution in [0.5, 0.6) is 0 Å². The first-order valence-electron chi connectivity index (χ1n) is 13.9. The topological polar surface area (TPSA) is 169 Å². The maximum Gasteiger partial charge on any atom is 0.325 e. The van der Waals surface area contributed by atoms with Gasteiger partial charge in [0.15, 0.2) is 0 Å². The minimum absolute atomic E-state index is 0.0350. The summed E-state index contributed by atoms with van der Waals surface area (Å²) in [5, 5.41) is 6.44. The zero-order valence-corrected chi connectivity index (χ0v) is 23.9. The minimum atomic E-state index is -4.18. The molecule has 2 heterocycles. The summed E-state index contributed by atoms with van der Waals surface area (Å²) >= 11 is 0. The van der Waals surface area contributed by atoms with E-state index in [2.05, 4.69) is 14.8 Å². The normalized spacial score (nSPS) is 19.6. The number of amides is 3. The molecule has 2 N–H and O–H groups in total. The molecule has 5 rings (SSSR count). The van der Waals surface area contributed by atoms with E-state index >= 15 is 0 Å². The van der Waals surface area contributed by atoms with Gasteiger partial charge in [0, 0.05) is 19.4 Å². The number of sulfonamides is 1. The Morgan fingerprint density at radius 1 is 1.00 bits per heavy atom. The van der Waals surface area contributed by atoms with Gasteiger partial charge in [-0.2, -0.15) is 9.51 Å². The van der Waals surface area contributed by atoms with Crippen LogP contribution in [0.15, 0.2) is 77.7 Å². The molecule has 0 saturated carbocycles. The average molecular weight is 603 g/mol. The van der Waals surface area contributed by atoms with Crippen LogP contribution in [0.25, 0.3) is 16.3 Å². The van der Waals surface area contributed by atoms with Crippen LogP contribution in [0, 0.1) is 0 Å². The summed E-state index contributed by atoms with van der Waals surface area (Å²) in [5.74, 6) is -2.50. The quantitative estimate of drug-likeness (QED) is 0.214. The number of nitrogens with one attached hydrogen (secondary N) is 2. The molecule has 3 atom stereocenters. The summed E-state index contributed by atoms with van der Waals surface area (Å²) in [6, 6.07) is 17.2. The van der Waals surface area contributed by atoms with Crippen molar-refractivity contribution in [2.75, 3.05) is 6.54 Å². The lowest BCUT2D eigenvalue weighted by Gasteiger charge is -2.43. The Labute approximate surface area is 248 Å². The molecule has 0 aromatic heterocycles. The second-order valence-electron chi connectivity index (χ2n) is 10.5. The van der Waals surface area contributed by atoms with Gasteiger partial charge in [0.2, 0.25) is 21.8 Å². The van der Waals surface area contributed by atoms with Gasteiger partial charge < -0.3 is 10.8 Å². The van der Waals surface area contributed by atoms with Gasteiger partial charge in [0.25, 0.3) is 11.7 Å². The average Bonchev–Trinajstić information content (AvgIpc) is 3.13. The van der Waals surface area contributed by atoms with Crippen LogP contribution >= 0.6 is 0 Å². The number of hydrazine groups is 1. The highest BCUT2D eigenvalue weighted by molar-refractivity contribution is 7.89. The standard InChI is InChI=1S/C30H30N6O6S/c31-32-19-27(37)25(17-20-7-2-1-3-8-20)33-29(39)26-11-6-16-35-28(38)15-14-24(30(40)36(26)35)34-43(41,42)23-13-12-21-9-4-5-10-22(21)18-23/h1-5,7-10,12-13,18-19,24-26,34H,6,11,14-17H2,(H,33,39)/t24-,25-,26-/m0/s1. The third-order valence-corrected chi connectivity index (χ3v) is 9.09. The fourth-order valence-electron chi connectivity index (χ4n) is 5.46. The first kappa shape index (κ1) is 29.8. The van der Waals surface area contributed by atoms with Gasteiger partial charge in [-0.05, 0) is 47.7 Å². The highest BCUT2D eigenvalue weighted by Gasteiger charge is 2.45. The highest BCUT2D eigenvalue weighted by atomic mass is 32.2. The molecular weight excluding hydrogens is 572 g/mol. The fraction of sp³-hybridized carbons (Fsp3) is 0.300. The van der Waals surface area contributed by atoms with Crippen LogP contribution in [0.4, 0.5) is 0 Å². The third-order valence-electron chi connectivity index (χ3n) is 7.62. The number of benzene rings is 3. The van der Waals surface area contributed by atoms with Crippen LogP contribution in [0.1, 0.15) is 31.2 Å². The minimum Gasteiger partial charge on any atom is -0.361 e. The molecule has 0 spiro atoms. The summed E-state index contributed by atoms with van der Waals surface area (Å²) in [7, 11) is -4.18. The third kappa shape index (κ3) is 6.54. The number of carbonyl (C=O) groups is 4. The maximum absolute atomic E-state index is 13.9. The maximum atomic E-state index is 13.9. The molecule has 12 nitrogen and oxygen atoms in total. The van der Waals surface area contributed by atoms with Gasteiger partial charge in [-0.15, -0.1) is 0 Å². The van der Waals surface area contributed by atoms with Crippen LogP contribution in [-0.2, 0) is 35.6 Å². The number of fused-ring (bicyclic) bond motifs is 2. The van der Waals surface area contributed by atoms with Crippen molar-refractivity contribution in [3.63, 3.8) is 0 Å². The summed E-state index contributed by atoms with van der Waals surface area (Å²) in [6.45, 7) is 0.183. The molecule has 2 fully saturated rings. The Balaban J connectivity index is 1.39. The summed E-state index contributed by atoms with van der Waals surface area (Å²) < 4.78 is 29.2. The molecule has 3 amide bonds. The van der Waals surface area contributed by atoms with Crippen molar-refractivity contribution in [1.29, 1.82) is 0 Å². The van der Waals surface area contributed by atoms with Crippen molar-refractivity contribution in [2.45, 2.75) is 55.1 Å². The van der Waals surface area contributed by atoms with Crippen molar-refractivity contribution in [1.82, 2.24) is 20.1 Å². The van der Waals surface area contributed by atoms with Gasteiger partial charge in [-0.1, -0.05) is 60.7 Å². The number of rotatable bonds is 9. The largest absolute Gasteiger partial charge is 0.361 e. The lowest BCUT2D eigenvalue weighted by atomic mass is 10.0. The molecule has 0 radical (unpaired) electrons. The molecule has 0 unspecified atom stereocenters. The number of ketones is 1. The number of nitrogens with zero attached hydrogens (tertiary/aromatic N) is 4. The first-order valence-corrected chi connectivity index (χ1v) is 15.4. The van der Waals surface area contributed by atoms with Gasteiger partial charge in [0.1, 0.15) is 18.1 Å². The monoisotopic (exact) mass is 602 g/mol. The summed E-state index contributed by atoms with van der Waals surface area (Å²) in [4.78, 5) is 56.0. The second kappa shape index (κ2) is 12.7. The van der Waals surface area contributed by atoms with E-state index in [1.54, 1.807) is 48.5 Å². The first-order chi connectivity index (χ1) is 20.7. The van der Waals surface area contributed by atoms with E-state index in [0.29, 0.717) is 18.0 Å². The van der Waals surface area contributed by atoms with Gasteiger partial charge in [0.05, 0.1) is 4.90 Å². The van der Waals surface area contributed by atoms with E-state index in [-0.39, 0.29) is 37.1 Å². The zero-order valence-electron chi connectivity index (χ0n) is 23.1. The molecule has 3 aromatic rings. The molecule has 3 aromatic carbocycles. The van der Waals surface area contributed by atoms with E-state index < -0.39 is 51.7 Å². The lowest BCUT2D eigenvalue weighted by molar-refractivity contribution is -0.176. The number of carbonyl (C=O) groups excluding carboxylic acids is 4. The number of hydrogen-bond acceptors (Lipinski definition) is 6. The molecule has 13 heteroatoms. The molecule has 43 heavy (non-hydrogen) atoms. The smallest absolute Gasteiger partial charge is 0.325 e. The number of hydrogen-bond donors (Lipinski definition) is 2. The Kier molecular flexibility index (Phi) is 8.76.